The fourth-order valence-electron chi connectivity index (χ4n) is 1.42. The molecule has 0 heterocycles. The maximum atomic E-state index is 11.2. The van der Waals surface area contributed by atoms with E-state index in [0.29, 0.717) is 11.6 Å². The van der Waals surface area contributed by atoms with E-state index in [2.05, 4.69) is 0 Å². The van der Waals surface area contributed by atoms with Crippen molar-refractivity contribution in [3.63, 3.8) is 0 Å². The Bertz CT molecular complexity index is 366. The number of carbonyl (C=O) groups is 1. The van der Waals surface area contributed by atoms with Crippen molar-refractivity contribution in [1.82, 2.24) is 0 Å². The second-order valence-corrected chi connectivity index (χ2v) is 3.89. The van der Waals surface area contributed by atoms with Crippen LogP contribution in [0.5, 0.6) is 0 Å². The fourth-order valence-corrected chi connectivity index (χ4v) is 1.59. The van der Waals surface area contributed by atoms with Crippen LogP contribution < -0.4 is 10.6 Å². The van der Waals surface area contributed by atoms with Gasteiger partial charge >= 0.3 is 0 Å². The number of nitrogens with zero attached hydrogens (tertiary/aromatic N) is 1. The quantitative estimate of drug-likeness (QED) is 0.849. The minimum Gasteiger partial charge on any atom is -0.367 e. The molecule has 3 nitrogen and oxygen atoms in total. The van der Waals surface area contributed by atoms with Crippen LogP contribution in [-0.4, -0.2) is 25.9 Å². The second kappa shape index (κ2) is 5.14. The smallest absolute Gasteiger partial charge is 0.165 e. The number of anilines is 1. The minimum atomic E-state index is 0.0110. The number of ketones is 1. The Labute approximate surface area is 94.8 Å². The third-order valence-electron chi connectivity index (χ3n) is 2.29. The van der Waals surface area contributed by atoms with Crippen molar-refractivity contribution in [2.75, 3.05) is 25.0 Å². The van der Waals surface area contributed by atoms with Crippen molar-refractivity contribution in [1.29, 1.82) is 0 Å². The van der Waals surface area contributed by atoms with Gasteiger partial charge in [0.1, 0.15) is 0 Å². The van der Waals surface area contributed by atoms with E-state index in [1.807, 2.05) is 37.1 Å². The molecule has 1 aromatic carbocycles. The van der Waals surface area contributed by atoms with E-state index in [1.54, 1.807) is 0 Å². The molecule has 0 amide bonds. The van der Waals surface area contributed by atoms with Crippen LogP contribution in [0.2, 0.25) is 5.02 Å². The van der Waals surface area contributed by atoms with Gasteiger partial charge in [0.15, 0.2) is 5.78 Å². The van der Waals surface area contributed by atoms with Crippen LogP contribution in [0.4, 0.5) is 5.69 Å². The highest BCUT2D eigenvalue weighted by Gasteiger charge is 2.09. The summed E-state index contributed by atoms with van der Waals surface area (Å²) in [5.41, 5.74) is 7.20. The summed E-state index contributed by atoms with van der Waals surface area (Å²) in [6.07, 6.45) is 0. The summed E-state index contributed by atoms with van der Waals surface area (Å²) in [5.74, 6) is 0.0110. The molecular weight excluding hydrogens is 212 g/mol. The summed E-state index contributed by atoms with van der Waals surface area (Å²) in [6, 6.07) is 5.64. The predicted octanol–water partition coefficient (Wildman–Crippen LogP) is 1.61. The van der Waals surface area contributed by atoms with Gasteiger partial charge in [-0.2, -0.15) is 0 Å². The zero-order chi connectivity index (χ0) is 11.4. The van der Waals surface area contributed by atoms with E-state index in [4.69, 9.17) is 17.3 Å². The van der Waals surface area contributed by atoms with Crippen LogP contribution in [0.15, 0.2) is 18.2 Å². The second-order valence-electron chi connectivity index (χ2n) is 3.48. The first-order valence-electron chi connectivity index (χ1n) is 4.74. The summed E-state index contributed by atoms with van der Waals surface area (Å²) in [6.45, 7) is 2.32. The molecule has 4 heteroatoms. The molecule has 82 valence electrons. The average Bonchev–Trinajstić information content (AvgIpc) is 2.21. The number of halogens is 1. The van der Waals surface area contributed by atoms with Crippen LogP contribution in [0, 0.1) is 6.92 Å². The van der Waals surface area contributed by atoms with Gasteiger partial charge in [-0.15, -0.1) is 0 Å². The van der Waals surface area contributed by atoms with Crippen molar-refractivity contribution < 1.29 is 4.79 Å². The molecule has 0 spiro atoms. The zero-order valence-electron chi connectivity index (χ0n) is 8.96. The maximum absolute atomic E-state index is 11.2. The van der Waals surface area contributed by atoms with Gasteiger partial charge in [-0.3, -0.25) is 4.79 Å². The molecule has 2 N–H and O–H groups in total. The number of rotatable bonds is 4. The number of Topliss-reactive ketones (excluding diaryl/α,β-unsaturated/α-hetero) is 1. The molecule has 1 aromatic rings. The largest absolute Gasteiger partial charge is 0.367 e. The van der Waals surface area contributed by atoms with E-state index >= 15 is 0 Å². The van der Waals surface area contributed by atoms with Crippen LogP contribution >= 0.6 is 11.6 Å². The average molecular weight is 227 g/mol. The molecule has 0 aliphatic heterocycles. The number of likely N-dealkylation sites (N-methyl/N-ethyl adjacent to an activating group) is 1. The van der Waals surface area contributed by atoms with Gasteiger partial charge in [-0.25, -0.2) is 0 Å². The van der Waals surface area contributed by atoms with Gasteiger partial charge in [-0.1, -0.05) is 17.7 Å². The van der Waals surface area contributed by atoms with Gasteiger partial charge in [0, 0.05) is 17.8 Å². The number of carbonyl (C=O) groups excluding carboxylic acids is 1. The van der Waals surface area contributed by atoms with Crippen molar-refractivity contribution in [3.05, 3.63) is 28.8 Å². The Morgan fingerprint density at radius 1 is 1.53 bits per heavy atom. The first kappa shape index (κ1) is 12.0. The van der Waals surface area contributed by atoms with E-state index in [1.165, 1.54) is 0 Å². The van der Waals surface area contributed by atoms with E-state index in [9.17, 15) is 4.79 Å². The molecule has 0 aliphatic rings. The first-order chi connectivity index (χ1) is 7.06. The molecule has 1 rings (SSSR count). The normalized spacial score (nSPS) is 10.1. The Hall–Kier alpha value is -1.06. The number of hydrogen-bond acceptors (Lipinski definition) is 3. The van der Waals surface area contributed by atoms with Gasteiger partial charge < -0.3 is 10.6 Å². The van der Waals surface area contributed by atoms with E-state index < -0.39 is 0 Å². The molecule has 0 atom stereocenters. The Kier molecular flexibility index (Phi) is 4.12. The summed E-state index contributed by atoms with van der Waals surface area (Å²) in [4.78, 5) is 13.0. The topological polar surface area (TPSA) is 46.3 Å². The molecule has 0 fully saturated rings. The molecular formula is C11H15ClN2O. The molecule has 0 unspecified atom stereocenters. The molecule has 0 aliphatic carbocycles. The van der Waals surface area contributed by atoms with E-state index in [0.717, 1.165) is 11.3 Å². The predicted molar refractivity (Wildman–Crippen MR) is 63.5 cm³/mol. The van der Waals surface area contributed by atoms with Crippen molar-refractivity contribution in [2.24, 2.45) is 5.73 Å². The molecule has 0 saturated carbocycles. The number of nitrogens with two attached hydrogens (primary N) is 1. The monoisotopic (exact) mass is 226 g/mol. The standard InChI is InChI=1S/C11H15ClN2O/c1-8-10(12)4-3-5-11(8)14(2)7-9(15)6-13/h3-5H,6-7,13H2,1-2H3. The first-order valence-corrected chi connectivity index (χ1v) is 5.12. The number of benzene rings is 1. The highest BCUT2D eigenvalue weighted by atomic mass is 35.5. The van der Waals surface area contributed by atoms with Crippen molar-refractivity contribution in [3.8, 4) is 0 Å². The van der Waals surface area contributed by atoms with Crippen LogP contribution in [0.1, 0.15) is 5.56 Å². The Morgan fingerprint density at radius 3 is 2.80 bits per heavy atom. The van der Waals surface area contributed by atoms with Crippen molar-refractivity contribution in [2.45, 2.75) is 6.92 Å². The zero-order valence-corrected chi connectivity index (χ0v) is 9.71. The SMILES string of the molecule is Cc1c(Cl)cccc1N(C)CC(=O)CN. The lowest BCUT2D eigenvalue weighted by Gasteiger charge is -2.20. The summed E-state index contributed by atoms with van der Waals surface area (Å²) >= 11 is 5.99. The molecule has 0 radical (unpaired) electrons. The highest BCUT2D eigenvalue weighted by molar-refractivity contribution is 6.31. The fraction of sp³-hybridized carbons (Fsp3) is 0.364. The summed E-state index contributed by atoms with van der Waals surface area (Å²) < 4.78 is 0. The number of hydrogen-bond donors (Lipinski definition) is 1. The third kappa shape index (κ3) is 2.94. The lowest BCUT2D eigenvalue weighted by molar-refractivity contribution is -0.116. The van der Waals surface area contributed by atoms with Gasteiger partial charge in [0.05, 0.1) is 13.1 Å². The van der Waals surface area contributed by atoms with Crippen LogP contribution in [0.25, 0.3) is 0 Å². The molecule has 15 heavy (non-hydrogen) atoms. The minimum absolute atomic E-state index is 0.0110. The summed E-state index contributed by atoms with van der Waals surface area (Å²) in [5, 5.41) is 0.708. The Morgan fingerprint density at radius 2 is 2.20 bits per heavy atom. The van der Waals surface area contributed by atoms with Gasteiger partial charge in [0.25, 0.3) is 0 Å². The van der Waals surface area contributed by atoms with Crippen LogP contribution in [0.3, 0.4) is 0 Å². The molecule has 0 aromatic heterocycles. The molecule has 0 bridgehead atoms. The maximum Gasteiger partial charge on any atom is 0.165 e. The van der Waals surface area contributed by atoms with Crippen molar-refractivity contribution >= 4 is 23.1 Å². The van der Waals surface area contributed by atoms with Gasteiger partial charge in [0.2, 0.25) is 0 Å². The molecule has 0 saturated heterocycles. The highest BCUT2D eigenvalue weighted by Crippen LogP contribution is 2.25. The lowest BCUT2D eigenvalue weighted by Crippen LogP contribution is -2.30. The van der Waals surface area contributed by atoms with Crippen LogP contribution in [-0.2, 0) is 4.79 Å². The van der Waals surface area contributed by atoms with Gasteiger partial charge in [-0.05, 0) is 24.6 Å². The third-order valence-corrected chi connectivity index (χ3v) is 2.70. The Balaban J connectivity index is 2.86. The lowest BCUT2D eigenvalue weighted by atomic mass is 10.2. The van der Waals surface area contributed by atoms with E-state index in [-0.39, 0.29) is 12.3 Å². The summed E-state index contributed by atoms with van der Waals surface area (Å²) in [7, 11) is 1.85.